The van der Waals surface area contributed by atoms with Crippen LogP contribution in [0.2, 0.25) is 0 Å². The van der Waals surface area contributed by atoms with Gasteiger partial charge in [0.2, 0.25) is 0 Å². The normalized spacial score (nSPS) is 51.1. The number of carbonyl (C=O) groups is 2. The van der Waals surface area contributed by atoms with E-state index in [9.17, 15) is 14.7 Å². The predicted octanol–water partition coefficient (Wildman–Crippen LogP) is 4.36. The van der Waals surface area contributed by atoms with Gasteiger partial charge < -0.3 is 14.6 Å². The first-order valence-corrected chi connectivity index (χ1v) is 11.8. The molecule has 0 radical (unpaired) electrons. The Hall–Kier alpha value is -1.10. The zero-order valence-corrected chi connectivity index (χ0v) is 19.8. The summed E-state index contributed by atoms with van der Waals surface area (Å²) in [6.07, 6.45) is 4.74. The fourth-order valence-electron chi connectivity index (χ4n) is 9.42. The molecule has 5 nitrogen and oxygen atoms in total. The van der Waals surface area contributed by atoms with Crippen LogP contribution in [-0.2, 0) is 19.1 Å². The monoisotopic (exact) mass is 420 g/mol. The number of aliphatic hydroxyl groups excluding tert-OH is 1. The molecule has 1 N–H and O–H groups in total. The Bertz CT molecular complexity index is 746. The minimum atomic E-state index is -0.230. The maximum absolute atomic E-state index is 11.9. The third-order valence-corrected chi connectivity index (χ3v) is 10.2. The summed E-state index contributed by atoms with van der Waals surface area (Å²) in [5, 5.41) is 10.2. The fraction of sp³-hybridized carbons (Fsp3) is 0.920. The number of aliphatic hydroxyl groups is 1. The van der Waals surface area contributed by atoms with E-state index in [-0.39, 0.29) is 58.3 Å². The summed E-state index contributed by atoms with van der Waals surface area (Å²) in [6, 6.07) is 0. The Morgan fingerprint density at radius 2 is 1.57 bits per heavy atom. The first-order valence-electron chi connectivity index (χ1n) is 11.8. The van der Waals surface area contributed by atoms with E-state index in [1.165, 1.54) is 20.3 Å². The molecule has 9 unspecified atom stereocenters. The van der Waals surface area contributed by atoms with Gasteiger partial charge in [0.05, 0.1) is 0 Å². The van der Waals surface area contributed by atoms with E-state index in [0.29, 0.717) is 17.8 Å². The summed E-state index contributed by atoms with van der Waals surface area (Å²) in [7, 11) is 0. The zero-order chi connectivity index (χ0) is 22.3. The maximum atomic E-state index is 11.9. The van der Waals surface area contributed by atoms with Gasteiger partial charge in [-0.2, -0.15) is 0 Å². The third-order valence-electron chi connectivity index (χ3n) is 10.2. The van der Waals surface area contributed by atoms with Gasteiger partial charge in [0.15, 0.2) is 0 Å². The second-order valence-corrected chi connectivity index (χ2v) is 12.3. The number of hydrogen-bond donors (Lipinski definition) is 1. The van der Waals surface area contributed by atoms with Crippen LogP contribution < -0.4 is 0 Å². The van der Waals surface area contributed by atoms with Gasteiger partial charge in [-0.05, 0) is 72.0 Å². The largest absolute Gasteiger partial charge is 0.463 e. The number of fused-ring (bicyclic) bond motifs is 5. The van der Waals surface area contributed by atoms with Crippen molar-refractivity contribution in [2.75, 3.05) is 6.61 Å². The van der Waals surface area contributed by atoms with Gasteiger partial charge in [-0.1, -0.05) is 34.6 Å². The summed E-state index contributed by atoms with van der Waals surface area (Å²) in [4.78, 5) is 23.7. The first-order chi connectivity index (χ1) is 13.8. The quantitative estimate of drug-likeness (QED) is 0.687. The second kappa shape index (κ2) is 6.70. The molecule has 4 saturated carbocycles. The van der Waals surface area contributed by atoms with Crippen LogP contribution in [0.1, 0.15) is 80.6 Å². The Labute approximate surface area is 181 Å². The third kappa shape index (κ3) is 2.90. The van der Waals surface area contributed by atoms with Crippen LogP contribution >= 0.6 is 0 Å². The summed E-state index contributed by atoms with van der Waals surface area (Å²) in [6.45, 7) is 14.9. The average molecular weight is 421 g/mol. The van der Waals surface area contributed by atoms with Crippen molar-refractivity contribution in [1.29, 1.82) is 0 Å². The van der Waals surface area contributed by atoms with Gasteiger partial charge in [0.1, 0.15) is 12.2 Å². The standard InChI is InChI=1S/C25H40O5/c1-14(27)29-16-11-22(3,4)18-8-9-23(5)19(24(18,6)12-16)10-20(30-15(2)28)25(7)17(13-26)21(23)25/h16-21,26H,8-13H2,1-7H3. The second-order valence-electron chi connectivity index (χ2n) is 12.3. The minimum Gasteiger partial charge on any atom is -0.463 e. The molecule has 4 aliphatic carbocycles. The van der Waals surface area contributed by atoms with Gasteiger partial charge in [-0.25, -0.2) is 0 Å². The lowest BCUT2D eigenvalue weighted by molar-refractivity contribution is -0.206. The van der Waals surface area contributed by atoms with Crippen molar-refractivity contribution in [3.63, 3.8) is 0 Å². The molecule has 0 aliphatic heterocycles. The molecule has 30 heavy (non-hydrogen) atoms. The molecule has 0 aromatic carbocycles. The molecule has 4 aliphatic rings. The van der Waals surface area contributed by atoms with E-state index >= 15 is 0 Å². The summed E-state index contributed by atoms with van der Waals surface area (Å²) < 4.78 is 11.7. The van der Waals surface area contributed by atoms with Crippen LogP contribution in [0.3, 0.4) is 0 Å². The molecule has 4 fully saturated rings. The number of ether oxygens (including phenoxy) is 2. The van der Waals surface area contributed by atoms with Gasteiger partial charge in [0, 0.05) is 25.9 Å². The number of rotatable bonds is 3. The SMILES string of the molecule is CC(=O)OC1CC(C)(C)C2CCC3(C)C(CC(OC(C)=O)C4(C)C(CO)C34)C2(C)C1. The average Bonchev–Trinajstić information content (AvgIpc) is 3.22. The number of hydrogen-bond acceptors (Lipinski definition) is 5. The highest BCUT2D eigenvalue weighted by atomic mass is 16.5. The number of carbonyl (C=O) groups excluding carboxylic acids is 2. The van der Waals surface area contributed by atoms with Crippen molar-refractivity contribution in [2.45, 2.75) is 92.8 Å². The molecule has 0 bridgehead atoms. The minimum absolute atomic E-state index is 0.0111. The molecule has 4 rings (SSSR count). The van der Waals surface area contributed by atoms with Crippen molar-refractivity contribution < 1.29 is 24.2 Å². The van der Waals surface area contributed by atoms with E-state index < -0.39 is 0 Å². The highest BCUT2D eigenvalue weighted by Crippen LogP contribution is 2.80. The van der Waals surface area contributed by atoms with Crippen molar-refractivity contribution in [1.82, 2.24) is 0 Å². The van der Waals surface area contributed by atoms with Gasteiger partial charge in [-0.3, -0.25) is 9.59 Å². The predicted molar refractivity (Wildman–Crippen MR) is 113 cm³/mol. The van der Waals surface area contributed by atoms with Crippen molar-refractivity contribution in [3.8, 4) is 0 Å². The summed E-state index contributed by atoms with van der Waals surface area (Å²) in [5.41, 5.74) is 0.0792. The fourth-order valence-corrected chi connectivity index (χ4v) is 9.42. The topological polar surface area (TPSA) is 72.8 Å². The Morgan fingerprint density at radius 3 is 2.13 bits per heavy atom. The Kier molecular flexibility index (Phi) is 4.94. The number of esters is 2. The lowest BCUT2D eigenvalue weighted by atomic mass is 9.40. The van der Waals surface area contributed by atoms with E-state index in [1.807, 2.05) is 0 Å². The van der Waals surface area contributed by atoms with E-state index in [0.717, 1.165) is 25.7 Å². The molecule has 0 heterocycles. The molecule has 5 heteroatoms. The van der Waals surface area contributed by atoms with Gasteiger partial charge >= 0.3 is 11.9 Å². The van der Waals surface area contributed by atoms with Crippen LogP contribution in [0, 0.1) is 45.3 Å². The molecule has 0 aromatic rings. The highest BCUT2D eigenvalue weighted by Gasteiger charge is 2.78. The van der Waals surface area contributed by atoms with Gasteiger partial charge in [0.25, 0.3) is 0 Å². The lowest BCUT2D eigenvalue weighted by Crippen LogP contribution is -2.61. The van der Waals surface area contributed by atoms with Crippen LogP contribution in [0.25, 0.3) is 0 Å². The molecule has 9 atom stereocenters. The highest BCUT2D eigenvalue weighted by molar-refractivity contribution is 5.66. The van der Waals surface area contributed by atoms with E-state index in [1.54, 1.807) is 0 Å². The Balaban J connectivity index is 1.74. The molecular formula is C25H40O5. The smallest absolute Gasteiger partial charge is 0.302 e. The van der Waals surface area contributed by atoms with Crippen LogP contribution in [-0.4, -0.2) is 35.9 Å². The summed E-state index contributed by atoms with van der Waals surface area (Å²) >= 11 is 0. The van der Waals surface area contributed by atoms with E-state index in [2.05, 4.69) is 34.6 Å². The molecule has 0 spiro atoms. The maximum Gasteiger partial charge on any atom is 0.302 e. The first kappa shape index (κ1) is 22.1. The van der Waals surface area contributed by atoms with E-state index in [4.69, 9.17) is 9.47 Å². The van der Waals surface area contributed by atoms with Crippen LogP contribution in [0.5, 0.6) is 0 Å². The van der Waals surface area contributed by atoms with Crippen LogP contribution in [0.15, 0.2) is 0 Å². The van der Waals surface area contributed by atoms with Crippen molar-refractivity contribution in [2.24, 2.45) is 45.3 Å². The molecular weight excluding hydrogens is 380 g/mol. The molecule has 170 valence electrons. The molecule has 0 aromatic heterocycles. The summed E-state index contributed by atoms with van der Waals surface area (Å²) in [5.74, 6) is 1.05. The molecule has 0 amide bonds. The zero-order valence-electron chi connectivity index (χ0n) is 19.8. The Morgan fingerprint density at radius 1 is 0.933 bits per heavy atom. The molecule has 0 saturated heterocycles. The van der Waals surface area contributed by atoms with Crippen LogP contribution in [0.4, 0.5) is 0 Å². The van der Waals surface area contributed by atoms with Crippen molar-refractivity contribution in [3.05, 3.63) is 0 Å². The van der Waals surface area contributed by atoms with Crippen molar-refractivity contribution >= 4 is 11.9 Å². The van der Waals surface area contributed by atoms with Gasteiger partial charge in [-0.15, -0.1) is 0 Å². The lowest BCUT2D eigenvalue weighted by Gasteiger charge is -2.65.